The summed E-state index contributed by atoms with van der Waals surface area (Å²) in [5, 5.41) is 0.869. The van der Waals surface area contributed by atoms with Crippen molar-refractivity contribution in [1.82, 2.24) is 4.98 Å². The van der Waals surface area contributed by atoms with E-state index in [1.165, 1.54) is 0 Å². The quantitative estimate of drug-likeness (QED) is 0.870. The normalized spacial score (nSPS) is 12.8. The number of nitrogens with two attached hydrogens (primary N) is 1. The van der Waals surface area contributed by atoms with Gasteiger partial charge < -0.3 is 5.73 Å². The van der Waals surface area contributed by atoms with Crippen molar-refractivity contribution in [3.05, 3.63) is 29.3 Å². The van der Waals surface area contributed by atoms with Crippen molar-refractivity contribution in [2.24, 2.45) is 5.73 Å². The van der Waals surface area contributed by atoms with E-state index in [-0.39, 0.29) is 11.8 Å². The summed E-state index contributed by atoms with van der Waals surface area (Å²) in [5.41, 5.74) is 6.84. The molecule has 0 aliphatic heterocycles. The lowest BCUT2D eigenvalue weighted by atomic mass is 10.0. The molecule has 0 saturated carbocycles. The minimum absolute atomic E-state index is 0.0995. The minimum atomic E-state index is -0.336. The lowest BCUT2D eigenvalue weighted by Gasteiger charge is -2.07. The zero-order chi connectivity index (χ0) is 13.0. The van der Waals surface area contributed by atoms with Gasteiger partial charge in [-0.1, -0.05) is 31.9 Å². The largest absolute Gasteiger partial charge is 0.321 e. The maximum Gasteiger partial charge on any atom is 0.156 e. The molecular formula is C14H18N2OS. The monoisotopic (exact) mass is 262 g/mol. The molecule has 18 heavy (non-hydrogen) atoms. The number of Topliss-reactive ketones (excluding diaryl/α,β-unsaturated/α-hetero) is 1. The SMILES string of the molecule is CCCCC(N)C(=O)Cc1nc2ccccc2s1. The lowest BCUT2D eigenvalue weighted by molar-refractivity contribution is -0.119. The van der Waals surface area contributed by atoms with Gasteiger partial charge in [-0.25, -0.2) is 4.98 Å². The standard InChI is InChI=1S/C14H18N2OS/c1-2-3-6-10(15)12(17)9-14-16-11-7-4-5-8-13(11)18-14/h4-5,7-8,10H,2-3,6,9,15H2,1H3. The van der Waals surface area contributed by atoms with Crippen molar-refractivity contribution >= 4 is 27.3 Å². The first-order chi connectivity index (χ1) is 8.70. The van der Waals surface area contributed by atoms with Gasteiger partial charge in [0.2, 0.25) is 0 Å². The Labute approximate surface area is 111 Å². The number of unbranched alkanes of at least 4 members (excludes halogenated alkanes) is 1. The summed E-state index contributed by atoms with van der Waals surface area (Å²) in [7, 11) is 0. The Bertz CT molecular complexity index is 502. The molecule has 4 heteroatoms. The van der Waals surface area contributed by atoms with E-state index >= 15 is 0 Å². The van der Waals surface area contributed by atoms with E-state index in [4.69, 9.17) is 5.73 Å². The van der Waals surface area contributed by atoms with Crippen molar-refractivity contribution in [2.45, 2.75) is 38.6 Å². The van der Waals surface area contributed by atoms with Crippen LogP contribution in [0.3, 0.4) is 0 Å². The lowest BCUT2D eigenvalue weighted by Crippen LogP contribution is -2.31. The number of hydrogen-bond donors (Lipinski definition) is 1. The molecule has 0 bridgehead atoms. The molecule has 0 aliphatic rings. The van der Waals surface area contributed by atoms with Crippen LogP contribution in [0.1, 0.15) is 31.2 Å². The van der Waals surface area contributed by atoms with Crippen LogP contribution in [-0.4, -0.2) is 16.8 Å². The number of thiazole rings is 1. The summed E-state index contributed by atoms with van der Waals surface area (Å²) in [6.45, 7) is 2.10. The van der Waals surface area contributed by atoms with Gasteiger partial charge in [0.1, 0.15) is 5.01 Å². The first kappa shape index (κ1) is 13.2. The number of hydrogen-bond acceptors (Lipinski definition) is 4. The highest BCUT2D eigenvalue weighted by molar-refractivity contribution is 7.18. The van der Waals surface area contributed by atoms with Gasteiger partial charge in [-0.05, 0) is 18.6 Å². The van der Waals surface area contributed by atoms with Crippen molar-refractivity contribution in [1.29, 1.82) is 0 Å². The molecule has 1 aromatic carbocycles. The van der Waals surface area contributed by atoms with Gasteiger partial charge in [0.25, 0.3) is 0 Å². The number of rotatable bonds is 6. The van der Waals surface area contributed by atoms with E-state index in [2.05, 4.69) is 11.9 Å². The second-order valence-corrected chi connectivity index (χ2v) is 5.58. The molecule has 1 heterocycles. The Morgan fingerprint density at radius 2 is 2.22 bits per heavy atom. The molecule has 0 saturated heterocycles. The van der Waals surface area contributed by atoms with E-state index in [9.17, 15) is 4.79 Å². The summed E-state index contributed by atoms with van der Waals surface area (Å²) in [5.74, 6) is 0.0995. The second-order valence-electron chi connectivity index (χ2n) is 4.47. The predicted octanol–water partition coefficient (Wildman–Crippen LogP) is 2.93. The summed E-state index contributed by atoms with van der Waals surface area (Å²) in [4.78, 5) is 16.4. The molecule has 1 atom stereocenters. The third-order valence-corrected chi connectivity index (χ3v) is 3.98. The molecule has 0 aliphatic carbocycles. The van der Waals surface area contributed by atoms with Crippen LogP contribution in [0.4, 0.5) is 0 Å². The fourth-order valence-corrected chi connectivity index (χ4v) is 2.84. The first-order valence-corrected chi connectivity index (χ1v) is 7.15. The van der Waals surface area contributed by atoms with Gasteiger partial charge in [-0.2, -0.15) is 0 Å². The molecular weight excluding hydrogens is 244 g/mol. The molecule has 1 unspecified atom stereocenters. The molecule has 0 spiro atoms. The van der Waals surface area contributed by atoms with Gasteiger partial charge in [-0.3, -0.25) is 4.79 Å². The van der Waals surface area contributed by atoms with Crippen LogP contribution >= 0.6 is 11.3 Å². The number of carbonyl (C=O) groups excluding carboxylic acids is 1. The summed E-state index contributed by atoms with van der Waals surface area (Å²) in [6.07, 6.45) is 3.22. The van der Waals surface area contributed by atoms with Crippen LogP contribution in [0.25, 0.3) is 10.2 Å². The Morgan fingerprint density at radius 3 is 2.94 bits per heavy atom. The zero-order valence-electron chi connectivity index (χ0n) is 10.6. The highest BCUT2D eigenvalue weighted by atomic mass is 32.1. The topological polar surface area (TPSA) is 56.0 Å². The molecule has 0 fully saturated rings. The van der Waals surface area contributed by atoms with Gasteiger partial charge in [0, 0.05) is 0 Å². The van der Waals surface area contributed by atoms with Crippen molar-refractivity contribution in [3.8, 4) is 0 Å². The first-order valence-electron chi connectivity index (χ1n) is 6.33. The van der Waals surface area contributed by atoms with Crippen LogP contribution < -0.4 is 5.73 Å². The third kappa shape index (κ3) is 3.15. The average Bonchev–Trinajstić information content (AvgIpc) is 2.77. The molecule has 1 aromatic heterocycles. The molecule has 3 nitrogen and oxygen atoms in total. The molecule has 0 amide bonds. The fraction of sp³-hybridized carbons (Fsp3) is 0.429. The van der Waals surface area contributed by atoms with Gasteiger partial charge in [-0.15, -0.1) is 11.3 Å². The minimum Gasteiger partial charge on any atom is -0.321 e. The number of benzene rings is 1. The van der Waals surface area contributed by atoms with Gasteiger partial charge in [0.05, 0.1) is 22.7 Å². The number of nitrogens with zero attached hydrogens (tertiary/aromatic N) is 1. The second kappa shape index (κ2) is 6.07. The molecule has 2 N–H and O–H groups in total. The summed E-state index contributed by atoms with van der Waals surface area (Å²) in [6, 6.07) is 7.60. The van der Waals surface area contributed by atoms with Crippen molar-refractivity contribution in [2.75, 3.05) is 0 Å². The highest BCUT2D eigenvalue weighted by Crippen LogP contribution is 2.22. The number of para-hydroxylation sites is 1. The van der Waals surface area contributed by atoms with Gasteiger partial charge >= 0.3 is 0 Å². The number of fused-ring (bicyclic) bond motifs is 1. The zero-order valence-corrected chi connectivity index (χ0v) is 11.4. The van der Waals surface area contributed by atoms with Crippen molar-refractivity contribution < 1.29 is 4.79 Å². The van der Waals surface area contributed by atoms with Crippen LogP contribution in [0.2, 0.25) is 0 Å². The third-order valence-electron chi connectivity index (χ3n) is 2.95. The van der Waals surface area contributed by atoms with E-state index in [1.807, 2.05) is 24.3 Å². The van der Waals surface area contributed by atoms with Crippen molar-refractivity contribution in [3.63, 3.8) is 0 Å². The van der Waals surface area contributed by atoms with E-state index < -0.39 is 0 Å². The smallest absolute Gasteiger partial charge is 0.156 e. The molecule has 2 aromatic rings. The number of aromatic nitrogens is 1. The van der Waals surface area contributed by atoms with E-state index in [1.54, 1.807) is 11.3 Å². The molecule has 96 valence electrons. The molecule has 0 radical (unpaired) electrons. The summed E-state index contributed by atoms with van der Waals surface area (Å²) >= 11 is 1.58. The Hall–Kier alpha value is -1.26. The number of ketones is 1. The van der Waals surface area contributed by atoms with E-state index in [0.29, 0.717) is 6.42 Å². The van der Waals surface area contributed by atoms with Crippen LogP contribution in [-0.2, 0) is 11.2 Å². The maximum absolute atomic E-state index is 11.9. The maximum atomic E-state index is 11.9. The Balaban J connectivity index is 2.02. The van der Waals surface area contributed by atoms with Crippen LogP contribution in [0.5, 0.6) is 0 Å². The fourth-order valence-electron chi connectivity index (χ4n) is 1.86. The highest BCUT2D eigenvalue weighted by Gasteiger charge is 2.15. The Morgan fingerprint density at radius 1 is 1.44 bits per heavy atom. The van der Waals surface area contributed by atoms with Crippen LogP contribution in [0, 0.1) is 0 Å². The number of carbonyl (C=O) groups is 1. The average molecular weight is 262 g/mol. The Kier molecular flexibility index (Phi) is 4.44. The predicted molar refractivity (Wildman–Crippen MR) is 75.8 cm³/mol. The van der Waals surface area contributed by atoms with Crippen LogP contribution in [0.15, 0.2) is 24.3 Å². The molecule has 2 rings (SSSR count). The van der Waals surface area contributed by atoms with E-state index in [0.717, 1.165) is 34.5 Å². The summed E-state index contributed by atoms with van der Waals surface area (Å²) < 4.78 is 1.13. The van der Waals surface area contributed by atoms with Gasteiger partial charge in [0.15, 0.2) is 5.78 Å².